The van der Waals surface area contributed by atoms with Gasteiger partial charge in [0, 0.05) is 11.2 Å². The smallest absolute Gasteiger partial charge is 0.238 e. The molecule has 19 heavy (non-hydrogen) atoms. The van der Waals surface area contributed by atoms with Gasteiger partial charge in [0.05, 0.1) is 18.8 Å². The monoisotopic (exact) mass is 269 g/mol. The first-order chi connectivity index (χ1) is 8.76. The number of anilines is 2. The number of amides is 1. The fourth-order valence-electron chi connectivity index (χ4n) is 1.37. The number of carbonyl (C=O) groups excluding carboxylic acids is 1. The van der Waals surface area contributed by atoms with Gasteiger partial charge in [0.1, 0.15) is 5.82 Å². The molecule has 0 atom stereocenters. The average Bonchev–Trinajstić information content (AvgIpc) is 2.33. The molecule has 4 N–H and O–H groups in total. The molecule has 5 nitrogen and oxygen atoms in total. The Labute approximate surface area is 112 Å². The van der Waals surface area contributed by atoms with Gasteiger partial charge in [-0.1, -0.05) is 0 Å². The van der Waals surface area contributed by atoms with E-state index in [0.29, 0.717) is 5.69 Å². The largest absolute Gasteiger partial charge is 0.396 e. The second-order valence-corrected chi connectivity index (χ2v) is 5.11. The van der Waals surface area contributed by atoms with Gasteiger partial charge in [0.15, 0.2) is 0 Å². The van der Waals surface area contributed by atoms with Crippen LogP contribution in [-0.4, -0.2) is 41.7 Å². The molecule has 6 heteroatoms. The van der Waals surface area contributed by atoms with Crippen LogP contribution in [0.1, 0.15) is 13.8 Å². The molecule has 1 amide bonds. The molecule has 0 aliphatic rings. The van der Waals surface area contributed by atoms with E-state index in [4.69, 9.17) is 5.73 Å². The van der Waals surface area contributed by atoms with Crippen LogP contribution in [0.25, 0.3) is 0 Å². The molecule has 106 valence electrons. The quantitative estimate of drug-likeness (QED) is 0.698. The van der Waals surface area contributed by atoms with Crippen LogP contribution >= 0.6 is 0 Å². The van der Waals surface area contributed by atoms with Crippen molar-refractivity contribution in [2.75, 3.05) is 31.2 Å². The summed E-state index contributed by atoms with van der Waals surface area (Å²) in [5.41, 5.74) is 5.36. The fourth-order valence-corrected chi connectivity index (χ4v) is 1.37. The summed E-state index contributed by atoms with van der Waals surface area (Å²) < 4.78 is 13.0. The number of aliphatic hydroxyl groups is 1. The molecule has 0 radical (unpaired) electrons. The summed E-state index contributed by atoms with van der Waals surface area (Å²) in [5, 5.41) is 11.8. The summed E-state index contributed by atoms with van der Waals surface area (Å²) in [7, 11) is 1.74. The molecule has 1 rings (SSSR count). The number of aliphatic hydroxyl groups excluding tert-OH is 1. The third-order valence-corrected chi connectivity index (χ3v) is 3.08. The summed E-state index contributed by atoms with van der Waals surface area (Å²) in [6.07, 6.45) is 0. The minimum Gasteiger partial charge on any atom is -0.396 e. The molecule has 0 aliphatic heterocycles. The van der Waals surface area contributed by atoms with Gasteiger partial charge in [-0.2, -0.15) is 0 Å². The Hall–Kier alpha value is -1.66. The first-order valence-electron chi connectivity index (χ1n) is 5.93. The van der Waals surface area contributed by atoms with Crippen molar-refractivity contribution in [2.24, 2.45) is 0 Å². The van der Waals surface area contributed by atoms with Crippen LogP contribution in [0.5, 0.6) is 0 Å². The number of hydrogen-bond acceptors (Lipinski definition) is 4. The minimum atomic E-state index is -0.517. The highest BCUT2D eigenvalue weighted by molar-refractivity contribution is 5.92. The number of halogens is 1. The van der Waals surface area contributed by atoms with Crippen LogP contribution in [0.4, 0.5) is 15.8 Å². The number of rotatable bonds is 5. The summed E-state index contributed by atoms with van der Waals surface area (Å²) >= 11 is 0. The third kappa shape index (κ3) is 4.18. The van der Waals surface area contributed by atoms with E-state index in [1.165, 1.54) is 18.2 Å². The Morgan fingerprint density at radius 2 is 2.16 bits per heavy atom. The molecule has 1 aromatic carbocycles. The van der Waals surface area contributed by atoms with Gasteiger partial charge < -0.3 is 16.2 Å². The van der Waals surface area contributed by atoms with E-state index in [2.05, 4.69) is 5.32 Å². The number of hydrogen-bond donors (Lipinski definition) is 3. The first-order valence-corrected chi connectivity index (χ1v) is 5.93. The number of nitrogens with zero attached hydrogens (tertiary/aromatic N) is 1. The molecule has 0 spiro atoms. The van der Waals surface area contributed by atoms with E-state index in [-0.39, 0.29) is 24.7 Å². The SMILES string of the molecule is CN(CC(=O)Nc1ccc(F)c(N)c1)C(C)(C)CO. The van der Waals surface area contributed by atoms with E-state index in [0.717, 1.165) is 0 Å². The zero-order valence-electron chi connectivity index (χ0n) is 11.4. The molecular weight excluding hydrogens is 249 g/mol. The summed E-state index contributed by atoms with van der Waals surface area (Å²) in [6, 6.07) is 4.01. The van der Waals surface area contributed by atoms with Gasteiger partial charge >= 0.3 is 0 Å². The van der Waals surface area contributed by atoms with E-state index in [1.54, 1.807) is 11.9 Å². The van der Waals surface area contributed by atoms with E-state index in [9.17, 15) is 14.3 Å². The lowest BCUT2D eigenvalue weighted by Crippen LogP contribution is -2.47. The molecule has 0 heterocycles. The van der Waals surface area contributed by atoms with Crippen LogP contribution in [0.15, 0.2) is 18.2 Å². The number of nitrogen functional groups attached to an aromatic ring is 1. The topological polar surface area (TPSA) is 78.6 Å². The molecule has 0 saturated heterocycles. The van der Waals surface area contributed by atoms with Crippen LogP contribution in [0.2, 0.25) is 0 Å². The molecule has 0 saturated carbocycles. The number of likely N-dealkylation sites (N-methyl/N-ethyl adjacent to an activating group) is 1. The molecule has 0 fully saturated rings. The minimum absolute atomic E-state index is 0.0122. The number of nitrogens with two attached hydrogens (primary N) is 1. The molecular formula is C13H20FN3O2. The van der Waals surface area contributed by atoms with Crippen molar-refractivity contribution in [3.63, 3.8) is 0 Å². The van der Waals surface area contributed by atoms with Crippen molar-refractivity contribution in [3.8, 4) is 0 Å². The Bertz CT molecular complexity index is 463. The van der Waals surface area contributed by atoms with Crippen molar-refractivity contribution in [3.05, 3.63) is 24.0 Å². The van der Waals surface area contributed by atoms with Crippen LogP contribution < -0.4 is 11.1 Å². The van der Waals surface area contributed by atoms with Crippen LogP contribution in [-0.2, 0) is 4.79 Å². The lowest BCUT2D eigenvalue weighted by molar-refractivity contribution is -0.118. The summed E-state index contributed by atoms with van der Waals surface area (Å²) in [5.74, 6) is -0.772. The van der Waals surface area contributed by atoms with Crippen molar-refractivity contribution in [1.29, 1.82) is 0 Å². The van der Waals surface area contributed by atoms with Gasteiger partial charge in [-0.3, -0.25) is 9.69 Å². The van der Waals surface area contributed by atoms with Gasteiger partial charge in [-0.15, -0.1) is 0 Å². The highest BCUT2D eigenvalue weighted by Gasteiger charge is 2.24. The Morgan fingerprint density at radius 1 is 1.53 bits per heavy atom. The molecule has 0 aliphatic carbocycles. The van der Waals surface area contributed by atoms with Crippen LogP contribution in [0, 0.1) is 5.82 Å². The summed E-state index contributed by atoms with van der Waals surface area (Å²) in [6.45, 7) is 3.72. The zero-order chi connectivity index (χ0) is 14.6. The van der Waals surface area contributed by atoms with Crippen molar-refractivity contribution in [1.82, 2.24) is 4.90 Å². The van der Waals surface area contributed by atoms with Crippen LogP contribution in [0.3, 0.4) is 0 Å². The number of benzene rings is 1. The van der Waals surface area contributed by atoms with E-state index in [1.807, 2.05) is 13.8 Å². The van der Waals surface area contributed by atoms with Crippen molar-refractivity contribution < 1.29 is 14.3 Å². The normalized spacial score (nSPS) is 11.7. The predicted molar refractivity (Wildman–Crippen MR) is 73.2 cm³/mol. The van der Waals surface area contributed by atoms with Gasteiger partial charge in [-0.25, -0.2) is 4.39 Å². The van der Waals surface area contributed by atoms with E-state index < -0.39 is 11.4 Å². The van der Waals surface area contributed by atoms with E-state index >= 15 is 0 Å². The molecule has 1 aromatic rings. The van der Waals surface area contributed by atoms with Gasteiger partial charge in [0.2, 0.25) is 5.91 Å². The number of nitrogens with one attached hydrogen (secondary N) is 1. The average molecular weight is 269 g/mol. The Balaban J connectivity index is 2.63. The van der Waals surface area contributed by atoms with Crippen molar-refractivity contribution in [2.45, 2.75) is 19.4 Å². The van der Waals surface area contributed by atoms with Gasteiger partial charge in [0.25, 0.3) is 0 Å². The number of carbonyl (C=O) groups is 1. The molecule has 0 unspecified atom stereocenters. The highest BCUT2D eigenvalue weighted by Crippen LogP contribution is 2.16. The third-order valence-electron chi connectivity index (χ3n) is 3.08. The second-order valence-electron chi connectivity index (χ2n) is 5.11. The fraction of sp³-hybridized carbons (Fsp3) is 0.462. The Kier molecular flexibility index (Phi) is 4.85. The maximum atomic E-state index is 13.0. The second kappa shape index (κ2) is 5.99. The lowest BCUT2D eigenvalue weighted by Gasteiger charge is -2.33. The Morgan fingerprint density at radius 3 is 2.68 bits per heavy atom. The molecule has 0 aromatic heterocycles. The van der Waals surface area contributed by atoms with Gasteiger partial charge in [-0.05, 0) is 39.1 Å². The predicted octanol–water partition coefficient (Wildman–Crippen LogP) is 1.05. The standard InChI is InChI=1S/C13H20FN3O2/c1-13(2,8-18)17(3)7-12(19)16-9-4-5-10(14)11(15)6-9/h4-6,18H,7-8,15H2,1-3H3,(H,16,19). The summed E-state index contributed by atoms with van der Waals surface area (Å²) in [4.78, 5) is 13.5. The molecule has 0 bridgehead atoms. The lowest BCUT2D eigenvalue weighted by atomic mass is 10.1. The maximum Gasteiger partial charge on any atom is 0.238 e. The maximum absolute atomic E-state index is 13.0. The van der Waals surface area contributed by atoms with Crippen molar-refractivity contribution >= 4 is 17.3 Å². The first kappa shape index (κ1) is 15.4. The highest BCUT2D eigenvalue weighted by atomic mass is 19.1. The zero-order valence-corrected chi connectivity index (χ0v) is 11.4.